The van der Waals surface area contributed by atoms with Crippen molar-refractivity contribution >= 4 is 5.91 Å². The second kappa shape index (κ2) is 6.07. The van der Waals surface area contributed by atoms with Gasteiger partial charge in [0.05, 0.1) is 24.0 Å². The largest absolute Gasteiger partial charge is 0.392 e. The number of rotatable bonds is 4. The van der Waals surface area contributed by atoms with E-state index in [1.165, 1.54) is 0 Å². The number of aliphatic hydroxyl groups is 1. The Labute approximate surface area is 122 Å². The second-order valence-corrected chi connectivity index (χ2v) is 5.20. The molecule has 2 unspecified atom stereocenters. The molecule has 1 aliphatic rings. The van der Waals surface area contributed by atoms with Crippen LogP contribution < -0.4 is 10.6 Å². The van der Waals surface area contributed by atoms with Gasteiger partial charge in [-0.2, -0.15) is 5.10 Å². The minimum atomic E-state index is -0.429. The van der Waals surface area contributed by atoms with Crippen molar-refractivity contribution in [1.82, 2.24) is 20.4 Å². The minimum Gasteiger partial charge on any atom is -0.392 e. The highest BCUT2D eigenvalue weighted by atomic mass is 16.3. The molecule has 0 radical (unpaired) electrons. The van der Waals surface area contributed by atoms with E-state index in [2.05, 4.69) is 15.7 Å². The summed E-state index contributed by atoms with van der Waals surface area (Å²) in [5.74, 6) is -0.0842. The topological polar surface area (TPSA) is 79.2 Å². The zero-order valence-corrected chi connectivity index (χ0v) is 11.6. The van der Waals surface area contributed by atoms with Gasteiger partial charge in [0.2, 0.25) is 5.91 Å². The molecule has 0 aliphatic carbocycles. The molecule has 6 heteroatoms. The van der Waals surface area contributed by atoms with Gasteiger partial charge in [-0.25, -0.2) is 4.68 Å². The molecule has 1 fully saturated rings. The van der Waals surface area contributed by atoms with Crippen molar-refractivity contribution in [2.24, 2.45) is 0 Å². The predicted octanol–water partition coefficient (Wildman–Crippen LogP) is 0.211. The molecular formula is C15H18N4O2. The first kappa shape index (κ1) is 13.8. The molecule has 6 nitrogen and oxygen atoms in total. The van der Waals surface area contributed by atoms with Gasteiger partial charge in [-0.05, 0) is 18.6 Å². The highest BCUT2D eigenvalue weighted by molar-refractivity contribution is 5.82. The van der Waals surface area contributed by atoms with Crippen molar-refractivity contribution in [3.63, 3.8) is 0 Å². The van der Waals surface area contributed by atoms with Gasteiger partial charge in [0.25, 0.3) is 0 Å². The first-order valence-electron chi connectivity index (χ1n) is 7.00. The van der Waals surface area contributed by atoms with Crippen LogP contribution in [0.4, 0.5) is 0 Å². The quantitative estimate of drug-likeness (QED) is 0.751. The van der Waals surface area contributed by atoms with E-state index in [1.54, 1.807) is 10.9 Å². The van der Waals surface area contributed by atoms with Crippen molar-refractivity contribution in [3.05, 3.63) is 48.3 Å². The lowest BCUT2D eigenvalue weighted by atomic mass is 10.2. The first-order valence-corrected chi connectivity index (χ1v) is 7.00. The fourth-order valence-corrected chi connectivity index (χ4v) is 2.40. The van der Waals surface area contributed by atoms with Gasteiger partial charge >= 0.3 is 0 Å². The van der Waals surface area contributed by atoms with E-state index in [4.69, 9.17) is 0 Å². The van der Waals surface area contributed by atoms with Crippen molar-refractivity contribution in [2.75, 3.05) is 6.54 Å². The van der Waals surface area contributed by atoms with Crippen LogP contribution in [0.25, 0.3) is 5.69 Å². The van der Waals surface area contributed by atoms with Crippen molar-refractivity contribution in [2.45, 2.75) is 25.1 Å². The molecule has 3 N–H and O–H groups in total. The molecule has 1 aromatic heterocycles. The third-order valence-electron chi connectivity index (χ3n) is 3.55. The molecule has 2 atom stereocenters. The number of aliphatic hydroxyl groups excluding tert-OH is 1. The molecule has 1 amide bonds. The van der Waals surface area contributed by atoms with Gasteiger partial charge in [-0.15, -0.1) is 0 Å². The number of carbonyl (C=O) groups is 1. The number of nitrogens with one attached hydrogen (secondary N) is 2. The number of aromatic nitrogens is 2. The fourth-order valence-electron chi connectivity index (χ4n) is 2.40. The lowest BCUT2D eigenvalue weighted by Gasteiger charge is -2.09. The van der Waals surface area contributed by atoms with Crippen LogP contribution in [-0.4, -0.2) is 39.5 Å². The summed E-state index contributed by atoms with van der Waals surface area (Å²) in [6, 6.07) is 9.50. The number of amides is 1. The summed E-state index contributed by atoms with van der Waals surface area (Å²) >= 11 is 0. The Morgan fingerprint density at radius 1 is 1.43 bits per heavy atom. The van der Waals surface area contributed by atoms with E-state index in [9.17, 15) is 9.90 Å². The Hall–Kier alpha value is -2.18. The Balaban J connectivity index is 1.57. The minimum absolute atomic E-state index is 0.0842. The third kappa shape index (κ3) is 3.29. The van der Waals surface area contributed by atoms with Crippen LogP contribution in [0.5, 0.6) is 0 Å². The lowest BCUT2D eigenvalue weighted by molar-refractivity contribution is -0.123. The van der Waals surface area contributed by atoms with Gasteiger partial charge < -0.3 is 15.7 Å². The maximum absolute atomic E-state index is 11.9. The Morgan fingerprint density at radius 3 is 2.95 bits per heavy atom. The van der Waals surface area contributed by atoms with Crippen LogP contribution in [0.3, 0.4) is 0 Å². The summed E-state index contributed by atoms with van der Waals surface area (Å²) < 4.78 is 1.78. The summed E-state index contributed by atoms with van der Waals surface area (Å²) in [5, 5.41) is 19.5. The first-order chi connectivity index (χ1) is 10.2. The molecule has 2 heterocycles. The van der Waals surface area contributed by atoms with Crippen molar-refractivity contribution in [3.8, 4) is 5.69 Å². The van der Waals surface area contributed by atoms with Gasteiger partial charge in [0, 0.05) is 24.8 Å². The molecule has 0 bridgehead atoms. The molecule has 1 saturated heterocycles. The number of carbonyl (C=O) groups excluding carboxylic acids is 1. The molecule has 1 aliphatic heterocycles. The third-order valence-corrected chi connectivity index (χ3v) is 3.55. The number of benzene rings is 1. The Morgan fingerprint density at radius 2 is 2.24 bits per heavy atom. The molecular weight excluding hydrogens is 268 g/mol. The van der Waals surface area contributed by atoms with Crippen LogP contribution in [0, 0.1) is 0 Å². The average molecular weight is 286 g/mol. The molecule has 21 heavy (non-hydrogen) atoms. The van der Waals surface area contributed by atoms with E-state index in [0.717, 1.165) is 11.3 Å². The van der Waals surface area contributed by atoms with Gasteiger partial charge in [-0.1, -0.05) is 18.2 Å². The van der Waals surface area contributed by atoms with E-state index in [-0.39, 0.29) is 11.9 Å². The van der Waals surface area contributed by atoms with E-state index in [0.29, 0.717) is 19.5 Å². The molecule has 0 saturated carbocycles. The Bertz CT molecular complexity index is 611. The van der Waals surface area contributed by atoms with E-state index in [1.807, 2.05) is 36.5 Å². The maximum Gasteiger partial charge on any atom is 0.237 e. The normalized spacial score (nSPS) is 21.4. The average Bonchev–Trinajstić information content (AvgIpc) is 3.15. The zero-order valence-electron chi connectivity index (χ0n) is 11.6. The van der Waals surface area contributed by atoms with Crippen LogP contribution >= 0.6 is 0 Å². The van der Waals surface area contributed by atoms with Gasteiger partial charge in [-0.3, -0.25) is 4.79 Å². The summed E-state index contributed by atoms with van der Waals surface area (Å²) in [7, 11) is 0. The SMILES string of the molecule is O=C(NCc1cnn(-c2ccccc2)c1)C1CC(O)CN1. The maximum atomic E-state index is 11.9. The number of nitrogens with zero attached hydrogens (tertiary/aromatic N) is 2. The van der Waals surface area contributed by atoms with E-state index < -0.39 is 6.10 Å². The van der Waals surface area contributed by atoms with Crippen LogP contribution in [0.1, 0.15) is 12.0 Å². The molecule has 1 aromatic carbocycles. The molecule has 110 valence electrons. The van der Waals surface area contributed by atoms with Crippen LogP contribution in [0.2, 0.25) is 0 Å². The van der Waals surface area contributed by atoms with Gasteiger partial charge in [0.15, 0.2) is 0 Å². The van der Waals surface area contributed by atoms with Crippen LogP contribution in [0.15, 0.2) is 42.7 Å². The zero-order chi connectivity index (χ0) is 14.7. The van der Waals surface area contributed by atoms with Crippen LogP contribution in [-0.2, 0) is 11.3 Å². The summed E-state index contributed by atoms with van der Waals surface area (Å²) in [6.07, 6.45) is 3.67. The summed E-state index contributed by atoms with van der Waals surface area (Å²) in [5.41, 5.74) is 1.92. The number of hydrogen-bond acceptors (Lipinski definition) is 4. The predicted molar refractivity (Wildman–Crippen MR) is 77.8 cm³/mol. The highest BCUT2D eigenvalue weighted by Gasteiger charge is 2.27. The number of β-amino-alcohol motifs (C(OH)–C–C–N with tert-alkyl or cyclic N) is 1. The number of para-hydroxylation sites is 1. The summed E-state index contributed by atoms with van der Waals surface area (Å²) in [6.45, 7) is 0.907. The number of hydrogen-bond donors (Lipinski definition) is 3. The van der Waals surface area contributed by atoms with E-state index >= 15 is 0 Å². The lowest BCUT2D eigenvalue weighted by Crippen LogP contribution is -2.39. The smallest absolute Gasteiger partial charge is 0.237 e. The van der Waals surface area contributed by atoms with Crippen molar-refractivity contribution in [1.29, 1.82) is 0 Å². The summed E-state index contributed by atoms with van der Waals surface area (Å²) in [4.78, 5) is 11.9. The highest BCUT2D eigenvalue weighted by Crippen LogP contribution is 2.09. The second-order valence-electron chi connectivity index (χ2n) is 5.20. The molecule has 3 rings (SSSR count). The monoisotopic (exact) mass is 286 g/mol. The Kier molecular flexibility index (Phi) is 3.98. The standard InChI is InChI=1S/C15H18N4O2/c20-13-6-14(16-9-13)15(21)17-7-11-8-18-19(10-11)12-4-2-1-3-5-12/h1-5,8,10,13-14,16,20H,6-7,9H2,(H,17,21). The van der Waals surface area contributed by atoms with Crippen molar-refractivity contribution < 1.29 is 9.90 Å². The molecule has 2 aromatic rings. The fraction of sp³-hybridized carbons (Fsp3) is 0.333. The van der Waals surface area contributed by atoms with Gasteiger partial charge in [0.1, 0.15) is 0 Å². The molecule has 0 spiro atoms.